The van der Waals surface area contributed by atoms with Gasteiger partial charge in [-0.1, -0.05) is 200 Å². The molecule has 0 bridgehead atoms. The van der Waals surface area contributed by atoms with Crippen molar-refractivity contribution < 1.29 is 8.83 Å². The molecule has 1 aliphatic heterocycles. The van der Waals surface area contributed by atoms with Crippen molar-refractivity contribution in [3.05, 3.63) is 306 Å². The summed E-state index contributed by atoms with van der Waals surface area (Å²) in [6.07, 6.45) is 0. The molecule has 13 aromatic carbocycles. The molecule has 0 N–H and O–H groups in total. The highest BCUT2D eigenvalue weighted by molar-refractivity contribution is 6.21. The first-order valence-electron chi connectivity index (χ1n) is 28.7. The molecule has 1 aliphatic carbocycles. The van der Waals surface area contributed by atoms with Crippen LogP contribution in [-0.2, 0) is 5.41 Å². The van der Waals surface area contributed by atoms with Gasteiger partial charge in [-0.05, 0) is 149 Å². The van der Waals surface area contributed by atoms with E-state index >= 15 is 0 Å². The van der Waals surface area contributed by atoms with Gasteiger partial charge in [0.1, 0.15) is 11.2 Å². The molecule has 0 fully saturated rings. The van der Waals surface area contributed by atoms with Crippen LogP contribution in [-0.4, -0.2) is 0 Å². The van der Waals surface area contributed by atoms with E-state index in [-0.39, 0.29) is 0 Å². The lowest BCUT2D eigenvalue weighted by Gasteiger charge is -2.45. The molecule has 83 heavy (non-hydrogen) atoms. The Labute approximate surface area is 480 Å². The van der Waals surface area contributed by atoms with Gasteiger partial charge in [-0.3, -0.25) is 0 Å². The summed E-state index contributed by atoms with van der Waals surface area (Å²) in [6.45, 7) is 6.44. The van der Waals surface area contributed by atoms with E-state index in [9.17, 15) is 0 Å². The third kappa shape index (κ3) is 6.65. The van der Waals surface area contributed by atoms with Crippen LogP contribution in [0.5, 0.6) is 0 Å². The van der Waals surface area contributed by atoms with Crippen LogP contribution in [0.4, 0.5) is 51.2 Å². The number of nitrogens with zero attached hydrogens (tertiary/aromatic N) is 3. The van der Waals surface area contributed by atoms with Crippen molar-refractivity contribution in [2.45, 2.75) is 26.2 Å². The zero-order chi connectivity index (χ0) is 55.1. The van der Waals surface area contributed by atoms with Crippen LogP contribution in [0.1, 0.15) is 38.9 Å². The molecule has 3 heterocycles. The fourth-order valence-electron chi connectivity index (χ4n) is 14.4. The summed E-state index contributed by atoms with van der Waals surface area (Å²) in [5.41, 5.74) is 22.8. The monoisotopic (exact) mass is 1060 g/mol. The van der Waals surface area contributed by atoms with Gasteiger partial charge in [0.2, 0.25) is 0 Å². The molecule has 17 rings (SSSR count). The largest absolute Gasteiger partial charge is 0.454 e. The zero-order valence-electron chi connectivity index (χ0n) is 46.1. The van der Waals surface area contributed by atoms with Crippen LogP contribution >= 0.6 is 0 Å². The average Bonchev–Trinajstić information content (AvgIpc) is 1.66. The number of rotatable bonds is 7. The van der Waals surface area contributed by atoms with Gasteiger partial charge in [-0.2, -0.15) is 0 Å². The number of aryl methyl sites for hydroxylation is 3. The van der Waals surface area contributed by atoms with E-state index in [0.717, 1.165) is 117 Å². The molecule has 5 nitrogen and oxygen atoms in total. The lowest BCUT2D eigenvalue weighted by Crippen LogP contribution is -2.36. The summed E-state index contributed by atoms with van der Waals surface area (Å²) in [5.74, 6) is 0. The van der Waals surface area contributed by atoms with Crippen molar-refractivity contribution >= 4 is 117 Å². The van der Waals surface area contributed by atoms with Gasteiger partial charge in [-0.15, -0.1) is 0 Å². The van der Waals surface area contributed by atoms with Gasteiger partial charge in [0.15, 0.2) is 11.2 Å². The minimum Gasteiger partial charge on any atom is -0.454 e. The number of hydrogen-bond donors (Lipinski definition) is 0. The van der Waals surface area contributed by atoms with Gasteiger partial charge in [0.25, 0.3) is 0 Å². The van der Waals surface area contributed by atoms with Crippen LogP contribution < -0.4 is 14.7 Å². The lowest BCUT2D eigenvalue weighted by atomic mass is 9.64. The summed E-state index contributed by atoms with van der Waals surface area (Å²) in [5, 5.41) is 8.98. The van der Waals surface area contributed by atoms with Crippen molar-refractivity contribution in [1.29, 1.82) is 0 Å². The first-order valence-corrected chi connectivity index (χ1v) is 28.7. The van der Waals surface area contributed by atoms with E-state index in [4.69, 9.17) is 8.83 Å². The molecule has 2 aromatic heterocycles. The molecule has 0 saturated carbocycles. The van der Waals surface area contributed by atoms with E-state index < -0.39 is 5.41 Å². The van der Waals surface area contributed by atoms with Crippen LogP contribution in [0.2, 0.25) is 0 Å². The van der Waals surface area contributed by atoms with Crippen molar-refractivity contribution in [2.24, 2.45) is 0 Å². The smallest absolute Gasteiger partial charge is 0.159 e. The summed E-state index contributed by atoms with van der Waals surface area (Å²) >= 11 is 0. The minimum atomic E-state index is -0.882. The Morgan fingerprint density at radius 2 is 0.687 bits per heavy atom. The maximum absolute atomic E-state index is 7.12. The lowest BCUT2D eigenvalue weighted by molar-refractivity contribution is 0.665. The quantitative estimate of drug-likeness (QED) is 0.159. The Bertz CT molecular complexity index is 5100. The van der Waals surface area contributed by atoms with Crippen LogP contribution in [0, 0.1) is 20.8 Å². The Morgan fingerprint density at radius 3 is 1.18 bits per heavy atom. The van der Waals surface area contributed by atoms with Gasteiger partial charge in [0, 0.05) is 49.4 Å². The number of hydrogen-bond acceptors (Lipinski definition) is 5. The van der Waals surface area contributed by atoms with Gasteiger partial charge < -0.3 is 23.5 Å². The second-order valence-corrected chi connectivity index (χ2v) is 22.4. The fraction of sp³-hybridized carbons (Fsp3) is 0.0513. The van der Waals surface area contributed by atoms with Gasteiger partial charge in [-0.25, -0.2) is 0 Å². The van der Waals surface area contributed by atoms with Gasteiger partial charge >= 0.3 is 0 Å². The molecule has 1 spiro atoms. The first-order chi connectivity index (χ1) is 41.0. The van der Waals surface area contributed by atoms with E-state index in [1.807, 2.05) is 0 Å². The number of benzene rings is 13. The molecule has 0 amide bonds. The van der Waals surface area contributed by atoms with Crippen molar-refractivity contribution in [1.82, 2.24) is 0 Å². The molecule has 15 aromatic rings. The maximum atomic E-state index is 7.12. The molecule has 0 saturated heterocycles. The topological polar surface area (TPSA) is 36.0 Å². The zero-order valence-corrected chi connectivity index (χ0v) is 46.1. The predicted octanol–water partition coefficient (Wildman–Crippen LogP) is 21.8. The molecule has 0 unspecified atom stereocenters. The summed E-state index contributed by atoms with van der Waals surface area (Å²) in [4.78, 5) is 7.39. The summed E-state index contributed by atoms with van der Waals surface area (Å²) in [6, 6.07) is 98.5. The van der Waals surface area contributed by atoms with E-state index in [1.165, 1.54) is 49.7 Å². The van der Waals surface area contributed by atoms with Crippen molar-refractivity contribution in [3.8, 4) is 11.1 Å². The SMILES string of the molecule is Cc1ccc(N(c2cc3c(c4ccccc24)-c2c(cc(N(c4ccccc4)c4cccc5c4oc4c(C)cccc45)c4ccccc24)C32c3ccccc3N(c3ccccc3)c3ccccc32)c2cccc3c2oc2c(C)cccc23)cc1. The van der Waals surface area contributed by atoms with Gasteiger partial charge in [0.05, 0.1) is 39.5 Å². The molecule has 0 atom stereocenters. The maximum Gasteiger partial charge on any atom is 0.159 e. The number of fused-ring (bicyclic) bond motifs is 19. The standard InChI is InChI=1S/C78H53N3O2/c1-48-42-44-53(45-43-48)81(69-41-21-35-61-59-33-19-23-50(3)75(59)83-77(61)69)71-47-65-73(57-31-13-11-29-55(57)71)72-56-30-12-10-28-54(56)70(80(52-26-8-5-9-27-52)68-40-20-34-60-58-32-18-22-49(2)74(58)82-76(60)68)46-64(72)78(65)62-36-14-16-38-66(62)79(51-24-6-4-7-25-51)67-39-17-15-37-63(67)78/h4-47H,1-3H3. The molecular weight excluding hydrogens is 1010 g/mol. The summed E-state index contributed by atoms with van der Waals surface area (Å²) in [7, 11) is 0. The second-order valence-electron chi connectivity index (χ2n) is 22.4. The first kappa shape index (κ1) is 47.2. The highest BCUT2D eigenvalue weighted by Gasteiger charge is 2.53. The minimum absolute atomic E-state index is 0.844. The van der Waals surface area contributed by atoms with Crippen LogP contribution in [0.3, 0.4) is 0 Å². The molecule has 392 valence electrons. The molecule has 2 aliphatic rings. The number of para-hydroxylation sites is 8. The van der Waals surface area contributed by atoms with E-state index in [2.05, 4.69) is 302 Å². The average molecular weight is 1060 g/mol. The van der Waals surface area contributed by atoms with Crippen molar-refractivity contribution in [3.63, 3.8) is 0 Å². The Morgan fingerprint density at radius 1 is 0.301 bits per heavy atom. The second kappa shape index (κ2) is 17.9. The van der Waals surface area contributed by atoms with Crippen LogP contribution in [0.15, 0.2) is 276 Å². The third-order valence-electron chi connectivity index (χ3n) is 17.9. The normalized spacial score (nSPS) is 13.1. The summed E-state index contributed by atoms with van der Waals surface area (Å²) < 4.78 is 14.2. The Kier molecular flexibility index (Phi) is 10.2. The number of anilines is 9. The molecule has 0 radical (unpaired) electrons. The third-order valence-corrected chi connectivity index (χ3v) is 17.9. The van der Waals surface area contributed by atoms with E-state index in [0.29, 0.717) is 0 Å². The highest BCUT2D eigenvalue weighted by atomic mass is 16.3. The molecule has 5 heteroatoms. The Balaban J connectivity index is 1.05. The molecular formula is C78H53N3O2. The number of furan rings is 2. The highest BCUT2D eigenvalue weighted by Crippen LogP contribution is 2.67. The fourth-order valence-corrected chi connectivity index (χ4v) is 14.4. The Hall–Kier alpha value is -10.6. The predicted molar refractivity (Wildman–Crippen MR) is 345 cm³/mol. The van der Waals surface area contributed by atoms with E-state index in [1.54, 1.807) is 0 Å². The van der Waals surface area contributed by atoms with Crippen LogP contribution in [0.25, 0.3) is 76.5 Å². The van der Waals surface area contributed by atoms with Crippen molar-refractivity contribution in [2.75, 3.05) is 14.7 Å².